The molecule has 0 atom stereocenters. The Kier molecular flexibility index (Phi) is 14.1. The molecule has 0 spiro atoms. The average molecular weight is 753 g/mol. The first kappa shape index (κ1) is 39.1. The van der Waals surface area contributed by atoms with Gasteiger partial charge in [-0.15, -0.1) is 22.4 Å². The number of halogens is 2. The van der Waals surface area contributed by atoms with Crippen LogP contribution in [0.15, 0.2) is 133 Å². The summed E-state index contributed by atoms with van der Waals surface area (Å²) >= 11 is 1.46. The first-order chi connectivity index (χ1) is 22.0. The maximum absolute atomic E-state index is 6.03. The smallest absolute Gasteiger partial charge is 0.0253 e. The van der Waals surface area contributed by atoms with Gasteiger partial charge >= 0.3 is 99.2 Å². The molecule has 0 aliphatic heterocycles. The van der Waals surface area contributed by atoms with Crippen LogP contribution in [0, 0.1) is 6.07 Å². The van der Waals surface area contributed by atoms with Crippen LogP contribution in [0.5, 0.6) is 11.5 Å². The maximum Gasteiger partial charge on any atom is -0.0253 e. The zero-order chi connectivity index (χ0) is 32.7. The molecule has 5 heteroatoms. The van der Waals surface area contributed by atoms with Crippen molar-refractivity contribution in [2.75, 3.05) is 0 Å². The molecule has 48 heavy (non-hydrogen) atoms. The van der Waals surface area contributed by atoms with Gasteiger partial charge in [0.1, 0.15) is 17.1 Å². The molecule has 0 heterocycles. The van der Waals surface area contributed by atoms with E-state index in [9.17, 15) is 0 Å². The van der Waals surface area contributed by atoms with Gasteiger partial charge < -0.3 is 34.3 Å². The van der Waals surface area contributed by atoms with E-state index in [1.807, 2.05) is 53.7 Å². The van der Waals surface area contributed by atoms with E-state index in [1.165, 1.54) is 71.6 Å². The second-order valence-electron chi connectivity index (χ2n) is 13.4. The molecule has 7 rings (SSSR count). The molecule has 6 aromatic rings. The average Bonchev–Trinajstić information content (AvgIpc) is 3.65. The van der Waals surface area contributed by atoms with Crippen molar-refractivity contribution in [3.8, 4) is 22.6 Å². The Morgan fingerprint density at radius 2 is 1.17 bits per heavy atom. The number of benzene rings is 5. The van der Waals surface area contributed by atoms with E-state index in [1.54, 1.807) is 0 Å². The number of hydrogen-bond donors (Lipinski definition) is 0. The quantitative estimate of drug-likeness (QED) is 0.241. The van der Waals surface area contributed by atoms with E-state index in [0.717, 1.165) is 17.9 Å². The Morgan fingerprint density at radius 1 is 0.646 bits per heavy atom. The third-order valence-corrected chi connectivity index (χ3v) is 8.69. The van der Waals surface area contributed by atoms with Crippen LogP contribution in [-0.2, 0) is 30.7 Å². The van der Waals surface area contributed by atoms with Gasteiger partial charge in [-0.05, 0) is 48.0 Å². The maximum atomic E-state index is 6.03. The fourth-order valence-corrected chi connectivity index (χ4v) is 6.15. The van der Waals surface area contributed by atoms with Gasteiger partial charge in [-0.3, -0.25) is 0 Å². The molecule has 0 aromatic heterocycles. The largest absolute Gasteiger partial charge is 0.179 e. The van der Waals surface area contributed by atoms with Crippen LogP contribution in [0.4, 0.5) is 0 Å². The summed E-state index contributed by atoms with van der Waals surface area (Å²) in [7, 11) is 0. The van der Waals surface area contributed by atoms with Gasteiger partial charge in [-0.1, -0.05) is 47.5 Å². The summed E-state index contributed by atoms with van der Waals surface area (Å²) in [6.45, 7) is 12.3. The SMILES string of the molecule is CC(C)(C)Oc1cc2cc[cH-]c2cc1OC(C)(C)C.[Cl-].[Cl-].[Zr+2]=[C](c1ccccc1)c1ccccc1.[c-]1cccc2c1Cc1ccccc1-2. The van der Waals surface area contributed by atoms with Crippen molar-refractivity contribution in [2.24, 2.45) is 0 Å². The van der Waals surface area contributed by atoms with Crippen LogP contribution in [0.1, 0.15) is 63.8 Å². The first-order valence-electron chi connectivity index (χ1n) is 15.8. The number of ether oxygens (including phenoxy) is 2. The molecule has 0 bridgehead atoms. The predicted octanol–water partition coefficient (Wildman–Crippen LogP) is 4.78. The summed E-state index contributed by atoms with van der Waals surface area (Å²) in [6.07, 6.45) is 1.05. The van der Waals surface area contributed by atoms with Crippen LogP contribution in [0.3, 0.4) is 0 Å². The van der Waals surface area contributed by atoms with Crippen LogP contribution in [0.2, 0.25) is 0 Å². The molecule has 0 fully saturated rings. The van der Waals surface area contributed by atoms with Crippen LogP contribution < -0.4 is 34.3 Å². The van der Waals surface area contributed by atoms with E-state index in [2.05, 4.69) is 127 Å². The fraction of sp³-hybridized carbons (Fsp3) is 0.209. The molecule has 0 saturated carbocycles. The van der Waals surface area contributed by atoms with E-state index >= 15 is 0 Å². The monoisotopic (exact) mass is 750 g/mol. The topological polar surface area (TPSA) is 18.5 Å². The van der Waals surface area contributed by atoms with Gasteiger partial charge in [-0.2, -0.15) is 42.0 Å². The Bertz CT molecular complexity index is 1760. The fourth-order valence-electron chi connectivity index (χ4n) is 5.33. The standard InChI is InChI=1S/C17H23O2.C13H9.C13H10.2ClH.Zr/c1-16(2,3)18-14-10-12-8-7-9-13(12)11-15(14)19-17(4,5)6;1-3-7-12-10(5-1)9-11-6-2-4-8-13(11)12;1-3-7-12(8-4-1)11-13-9-5-2-6-10-13;;;/h7-11H,1-6H3;1-5,7-8H,9H2;1-10H;2*1H;/q2*-1;;;;+2/p-2. The van der Waals surface area contributed by atoms with Gasteiger partial charge in [0.25, 0.3) is 0 Å². The normalized spacial score (nSPS) is 11.2. The summed E-state index contributed by atoms with van der Waals surface area (Å²) in [4.78, 5) is 0. The molecule has 0 amide bonds. The van der Waals surface area contributed by atoms with E-state index in [-0.39, 0.29) is 36.0 Å². The zero-order valence-electron chi connectivity index (χ0n) is 28.5. The van der Waals surface area contributed by atoms with Crippen molar-refractivity contribution >= 4 is 14.0 Å². The second kappa shape index (κ2) is 17.3. The molecule has 0 radical (unpaired) electrons. The summed E-state index contributed by atoms with van der Waals surface area (Å²) in [5.41, 5.74) is 7.69. The molecule has 0 unspecified atom stereocenters. The van der Waals surface area contributed by atoms with Crippen molar-refractivity contribution in [2.45, 2.75) is 59.2 Å². The van der Waals surface area contributed by atoms with E-state index in [0.29, 0.717) is 0 Å². The Balaban J connectivity index is 0.000000195. The summed E-state index contributed by atoms with van der Waals surface area (Å²) in [5.74, 6) is 1.61. The number of fused-ring (bicyclic) bond motifs is 4. The van der Waals surface area contributed by atoms with Gasteiger partial charge in [0, 0.05) is 0 Å². The van der Waals surface area contributed by atoms with Crippen LogP contribution in [-0.4, -0.2) is 14.4 Å². The zero-order valence-corrected chi connectivity index (χ0v) is 32.5. The van der Waals surface area contributed by atoms with Crippen molar-refractivity contribution in [1.82, 2.24) is 0 Å². The summed E-state index contributed by atoms with van der Waals surface area (Å²) < 4.78 is 13.5. The van der Waals surface area contributed by atoms with Crippen LogP contribution >= 0.6 is 0 Å². The summed E-state index contributed by atoms with van der Waals surface area (Å²) in [6, 6.07) is 49.6. The summed E-state index contributed by atoms with van der Waals surface area (Å²) in [5, 5.41) is 2.36. The molecular formula is C43H42Cl2O2Zr-2. The minimum absolute atomic E-state index is 0. The van der Waals surface area contributed by atoms with Gasteiger partial charge in [0.15, 0.2) is 0 Å². The van der Waals surface area contributed by atoms with Gasteiger partial charge in [0.05, 0.1) is 5.60 Å². The minimum atomic E-state index is -0.240. The number of rotatable bonds is 4. The van der Waals surface area contributed by atoms with E-state index < -0.39 is 0 Å². The van der Waals surface area contributed by atoms with Gasteiger partial charge in [0.2, 0.25) is 0 Å². The first-order valence-corrected chi connectivity index (χ1v) is 17.0. The Morgan fingerprint density at radius 3 is 1.75 bits per heavy atom. The molecular weight excluding hydrogens is 711 g/mol. The molecule has 246 valence electrons. The van der Waals surface area contributed by atoms with Crippen LogP contribution in [0.25, 0.3) is 21.9 Å². The molecule has 6 aromatic carbocycles. The third-order valence-electron chi connectivity index (χ3n) is 7.27. The second-order valence-corrected chi connectivity index (χ2v) is 14.6. The molecule has 0 N–H and O–H groups in total. The third kappa shape index (κ3) is 10.8. The Hall–Kier alpha value is -3.36. The van der Waals surface area contributed by atoms with Crippen molar-refractivity contribution < 1.29 is 58.5 Å². The van der Waals surface area contributed by atoms with Crippen molar-refractivity contribution in [3.05, 3.63) is 162 Å². The minimum Gasteiger partial charge on any atom is -0.179 e. The number of hydrogen-bond acceptors (Lipinski definition) is 2. The van der Waals surface area contributed by atoms with Gasteiger partial charge in [-0.25, -0.2) is 0 Å². The molecule has 2 nitrogen and oxygen atoms in total. The van der Waals surface area contributed by atoms with Crippen molar-refractivity contribution in [3.63, 3.8) is 0 Å². The van der Waals surface area contributed by atoms with E-state index in [4.69, 9.17) is 9.47 Å². The Labute approximate surface area is 314 Å². The molecule has 1 aliphatic rings. The molecule has 1 aliphatic carbocycles. The predicted molar refractivity (Wildman–Crippen MR) is 190 cm³/mol. The molecule has 0 saturated heterocycles. The van der Waals surface area contributed by atoms with Crippen molar-refractivity contribution in [1.29, 1.82) is 0 Å².